The first kappa shape index (κ1) is 18.8. The summed E-state index contributed by atoms with van der Waals surface area (Å²) in [5, 5.41) is 10.1. The Morgan fingerprint density at radius 1 is 1.08 bits per heavy atom. The van der Waals surface area contributed by atoms with Gasteiger partial charge in [0.1, 0.15) is 0 Å². The summed E-state index contributed by atoms with van der Waals surface area (Å²) in [6.45, 7) is 4.70. The summed E-state index contributed by atoms with van der Waals surface area (Å²) >= 11 is 0. The van der Waals surface area contributed by atoms with Crippen molar-refractivity contribution < 1.29 is 18.3 Å². The molecule has 4 heteroatoms. The summed E-state index contributed by atoms with van der Waals surface area (Å²) < 4.78 is 38.3. The summed E-state index contributed by atoms with van der Waals surface area (Å²) in [7, 11) is 0. The molecule has 0 heterocycles. The molecular weight excluding hydrogens is 337 g/mol. The molecule has 0 saturated heterocycles. The van der Waals surface area contributed by atoms with Crippen molar-refractivity contribution in [1.82, 2.24) is 0 Å². The average molecular weight is 370 g/mol. The first-order valence-electron chi connectivity index (χ1n) is 10.6. The van der Waals surface area contributed by atoms with Crippen LogP contribution in [0, 0.1) is 34.5 Å². The normalized spacial score (nSPS) is 48.4. The van der Waals surface area contributed by atoms with E-state index < -0.39 is 12.6 Å². The van der Waals surface area contributed by atoms with Crippen molar-refractivity contribution in [3.63, 3.8) is 0 Å². The molecule has 0 spiro atoms. The highest BCUT2D eigenvalue weighted by atomic mass is 19.4. The molecule has 4 aliphatic rings. The van der Waals surface area contributed by atoms with Gasteiger partial charge in [-0.15, -0.1) is 0 Å². The summed E-state index contributed by atoms with van der Waals surface area (Å²) in [6, 6.07) is 0. The quantitative estimate of drug-likeness (QED) is 0.568. The van der Waals surface area contributed by atoms with Gasteiger partial charge in [0.25, 0.3) is 0 Å². The summed E-state index contributed by atoms with van der Waals surface area (Å²) in [4.78, 5) is 0. The first-order valence-corrected chi connectivity index (χ1v) is 10.6. The molecule has 0 bridgehead atoms. The third kappa shape index (κ3) is 2.95. The van der Waals surface area contributed by atoms with Gasteiger partial charge in [0.05, 0.1) is 6.10 Å². The predicted molar refractivity (Wildman–Crippen MR) is 96.5 cm³/mol. The maximum atomic E-state index is 12.8. The molecule has 4 rings (SSSR count). The lowest BCUT2D eigenvalue weighted by atomic mass is 9.47. The van der Waals surface area contributed by atoms with E-state index in [0.29, 0.717) is 24.2 Å². The predicted octanol–water partition coefficient (Wildman–Crippen LogP) is 6.27. The van der Waals surface area contributed by atoms with Crippen molar-refractivity contribution >= 4 is 0 Å². The van der Waals surface area contributed by atoms with Crippen LogP contribution in [0.5, 0.6) is 0 Å². The van der Waals surface area contributed by atoms with Crippen LogP contribution in [0.25, 0.3) is 0 Å². The number of hydrogen-bond acceptors (Lipinski definition) is 1. The van der Waals surface area contributed by atoms with E-state index in [1.54, 1.807) is 0 Å². The zero-order chi connectivity index (χ0) is 18.7. The number of aliphatic hydroxyl groups is 1. The monoisotopic (exact) mass is 370 g/mol. The van der Waals surface area contributed by atoms with Gasteiger partial charge in [-0.1, -0.05) is 25.5 Å². The van der Waals surface area contributed by atoms with E-state index in [2.05, 4.69) is 19.9 Å². The Morgan fingerprint density at radius 3 is 2.58 bits per heavy atom. The molecule has 1 nitrogen and oxygen atoms in total. The molecule has 0 aliphatic heterocycles. The molecular formula is C22H33F3O. The Kier molecular flexibility index (Phi) is 4.53. The second kappa shape index (κ2) is 6.25. The van der Waals surface area contributed by atoms with E-state index in [0.717, 1.165) is 51.4 Å². The van der Waals surface area contributed by atoms with Crippen LogP contribution in [0.15, 0.2) is 11.6 Å². The molecule has 0 radical (unpaired) electrons. The Balaban J connectivity index is 1.54. The van der Waals surface area contributed by atoms with Crippen molar-refractivity contribution in [1.29, 1.82) is 0 Å². The highest BCUT2D eigenvalue weighted by Gasteiger charge is 2.58. The number of allylic oxidation sites excluding steroid dienone is 1. The number of alkyl halides is 3. The van der Waals surface area contributed by atoms with E-state index >= 15 is 0 Å². The molecule has 0 aromatic carbocycles. The lowest BCUT2D eigenvalue weighted by Crippen LogP contribution is -2.50. The highest BCUT2D eigenvalue weighted by Crippen LogP contribution is 2.66. The molecule has 7 atom stereocenters. The van der Waals surface area contributed by atoms with Gasteiger partial charge in [0.15, 0.2) is 0 Å². The van der Waals surface area contributed by atoms with Crippen molar-refractivity contribution in [3.8, 4) is 0 Å². The van der Waals surface area contributed by atoms with Gasteiger partial charge in [-0.3, -0.25) is 0 Å². The molecule has 0 aromatic heterocycles. The van der Waals surface area contributed by atoms with Gasteiger partial charge in [0, 0.05) is 6.42 Å². The van der Waals surface area contributed by atoms with E-state index in [-0.39, 0.29) is 22.9 Å². The van der Waals surface area contributed by atoms with Crippen molar-refractivity contribution in [2.75, 3.05) is 0 Å². The second-order valence-corrected chi connectivity index (χ2v) is 10.1. The number of rotatable bonds is 2. The van der Waals surface area contributed by atoms with Crippen LogP contribution in [0.1, 0.15) is 78.1 Å². The number of fused-ring (bicyclic) bond motifs is 5. The minimum absolute atomic E-state index is 0.0995. The Hall–Kier alpha value is -0.510. The summed E-state index contributed by atoms with van der Waals surface area (Å²) in [5.41, 5.74) is 1.78. The van der Waals surface area contributed by atoms with Crippen LogP contribution in [0.4, 0.5) is 13.2 Å². The number of halogens is 3. The minimum atomic E-state index is -4.02. The third-order valence-corrected chi connectivity index (χ3v) is 9.05. The lowest BCUT2D eigenvalue weighted by molar-refractivity contribution is -0.141. The van der Waals surface area contributed by atoms with Crippen LogP contribution in [-0.2, 0) is 0 Å². The molecule has 0 aromatic rings. The van der Waals surface area contributed by atoms with Crippen molar-refractivity contribution in [2.45, 2.75) is 90.3 Å². The standard InChI is InChI=1S/C22H33F3O/c1-20-11-9-19-17(5-3-15-13-16(26)8-10-21(15,19)2)18(20)6-4-14(20)7-12-22(23,24)25/h3,14,16-19,26H,4-13H2,1-2H3/t14-,16?,17+,18?,19?,20?,21+/m1/s1. The maximum Gasteiger partial charge on any atom is 0.389 e. The largest absolute Gasteiger partial charge is 0.393 e. The highest BCUT2D eigenvalue weighted by molar-refractivity contribution is 5.25. The SMILES string of the molecule is CC12CCC3[C@@H](CC=C4CC(O)CC[C@@]43C)C1CC[C@@H]2CCC(F)(F)F. The van der Waals surface area contributed by atoms with Crippen LogP contribution >= 0.6 is 0 Å². The van der Waals surface area contributed by atoms with E-state index in [4.69, 9.17) is 0 Å². The zero-order valence-corrected chi connectivity index (χ0v) is 16.1. The fourth-order valence-corrected chi connectivity index (χ4v) is 7.56. The number of hydrogen-bond donors (Lipinski definition) is 1. The topological polar surface area (TPSA) is 20.2 Å². The molecule has 3 saturated carbocycles. The molecule has 0 amide bonds. The van der Waals surface area contributed by atoms with Gasteiger partial charge >= 0.3 is 6.18 Å². The van der Waals surface area contributed by atoms with Gasteiger partial charge in [-0.2, -0.15) is 13.2 Å². The van der Waals surface area contributed by atoms with Gasteiger partial charge < -0.3 is 5.11 Å². The summed E-state index contributed by atoms with van der Waals surface area (Å²) in [6.07, 6.45) is 6.11. The Morgan fingerprint density at radius 2 is 1.85 bits per heavy atom. The number of aliphatic hydroxyl groups excluding tert-OH is 1. The average Bonchev–Trinajstić information content (AvgIpc) is 2.89. The Bertz CT molecular complexity index is 582. The molecule has 4 aliphatic carbocycles. The first-order chi connectivity index (χ1) is 12.1. The van der Waals surface area contributed by atoms with Crippen molar-refractivity contribution in [2.24, 2.45) is 34.5 Å². The third-order valence-electron chi connectivity index (χ3n) is 9.05. The molecule has 1 N–H and O–H groups in total. The smallest absolute Gasteiger partial charge is 0.389 e. The van der Waals surface area contributed by atoms with Crippen LogP contribution in [-0.4, -0.2) is 17.4 Å². The van der Waals surface area contributed by atoms with Crippen LogP contribution in [0.2, 0.25) is 0 Å². The van der Waals surface area contributed by atoms with Crippen LogP contribution in [0.3, 0.4) is 0 Å². The fourth-order valence-electron chi connectivity index (χ4n) is 7.56. The van der Waals surface area contributed by atoms with Gasteiger partial charge in [-0.05, 0) is 92.3 Å². The summed E-state index contributed by atoms with van der Waals surface area (Å²) in [5.74, 6) is 2.12. The van der Waals surface area contributed by atoms with E-state index in [1.165, 1.54) is 5.57 Å². The molecule has 148 valence electrons. The van der Waals surface area contributed by atoms with Gasteiger partial charge in [0.2, 0.25) is 0 Å². The minimum Gasteiger partial charge on any atom is -0.393 e. The molecule has 4 unspecified atom stereocenters. The Labute approximate surface area is 155 Å². The maximum absolute atomic E-state index is 12.8. The van der Waals surface area contributed by atoms with E-state index in [1.807, 2.05) is 0 Å². The van der Waals surface area contributed by atoms with Gasteiger partial charge in [-0.25, -0.2) is 0 Å². The zero-order valence-electron chi connectivity index (χ0n) is 16.1. The van der Waals surface area contributed by atoms with Crippen LogP contribution < -0.4 is 0 Å². The van der Waals surface area contributed by atoms with E-state index in [9.17, 15) is 18.3 Å². The second-order valence-electron chi connectivity index (χ2n) is 10.1. The van der Waals surface area contributed by atoms with Crippen molar-refractivity contribution in [3.05, 3.63) is 11.6 Å². The molecule has 3 fully saturated rings. The fraction of sp³-hybridized carbons (Fsp3) is 0.909. The lowest BCUT2D eigenvalue weighted by Gasteiger charge is -2.58. The molecule has 26 heavy (non-hydrogen) atoms.